The first-order valence-electron chi connectivity index (χ1n) is 15.6. The van der Waals surface area contributed by atoms with E-state index >= 15 is 0 Å². The maximum atomic E-state index is 5.46. The van der Waals surface area contributed by atoms with Crippen LogP contribution in [0.3, 0.4) is 0 Å². The van der Waals surface area contributed by atoms with Crippen LogP contribution in [0.25, 0.3) is 21.2 Å². The molecule has 3 nitrogen and oxygen atoms in total. The Morgan fingerprint density at radius 3 is 1.63 bits per heavy atom. The normalized spacial score (nSPS) is 12.8. The Labute approximate surface area is 274 Å². The van der Waals surface area contributed by atoms with E-state index in [-0.39, 0.29) is 5.41 Å². The van der Waals surface area contributed by atoms with Crippen molar-refractivity contribution in [1.29, 1.82) is 0 Å². The highest BCUT2D eigenvalue weighted by atomic mass is 32.1. The summed E-state index contributed by atoms with van der Waals surface area (Å²) < 4.78 is 6.75. The standard InChI is InChI=1S/C42H34N2OS/c1-42(2)38-26-32(43(29-12-6-4-7-13-29)31-18-22-34(45-3)23-19-31)20-24-35(38)36-25-21-33(27-39(36)42)44(30-14-8-5-9-15-30)40-28-46-41-17-11-10-16-37(40)41/h4-28H,1-3H3. The summed E-state index contributed by atoms with van der Waals surface area (Å²) in [5.74, 6) is 0.845. The van der Waals surface area contributed by atoms with Gasteiger partial charge in [-0.1, -0.05) is 80.6 Å². The molecule has 0 bridgehead atoms. The zero-order chi connectivity index (χ0) is 31.3. The quantitative estimate of drug-likeness (QED) is 0.178. The van der Waals surface area contributed by atoms with Crippen LogP contribution in [0.15, 0.2) is 151 Å². The molecule has 0 unspecified atom stereocenters. The van der Waals surface area contributed by atoms with Gasteiger partial charge in [0.15, 0.2) is 0 Å². The molecule has 0 saturated heterocycles. The minimum atomic E-state index is -0.196. The number of anilines is 6. The highest BCUT2D eigenvalue weighted by molar-refractivity contribution is 7.17. The van der Waals surface area contributed by atoms with Gasteiger partial charge in [0, 0.05) is 49.3 Å². The lowest BCUT2D eigenvalue weighted by molar-refractivity contribution is 0.415. The smallest absolute Gasteiger partial charge is 0.119 e. The van der Waals surface area contributed by atoms with E-state index in [2.05, 4.69) is 162 Å². The topological polar surface area (TPSA) is 15.7 Å². The summed E-state index contributed by atoms with van der Waals surface area (Å²) in [6.07, 6.45) is 0. The minimum absolute atomic E-state index is 0.196. The van der Waals surface area contributed by atoms with Gasteiger partial charge in [0.2, 0.25) is 0 Å². The Morgan fingerprint density at radius 1 is 0.522 bits per heavy atom. The van der Waals surface area contributed by atoms with Crippen LogP contribution in [-0.4, -0.2) is 7.11 Å². The fourth-order valence-electron chi connectivity index (χ4n) is 6.89. The number of hydrogen-bond donors (Lipinski definition) is 0. The molecule has 7 aromatic rings. The van der Waals surface area contributed by atoms with Crippen LogP contribution < -0.4 is 14.5 Å². The van der Waals surface area contributed by atoms with Gasteiger partial charge in [-0.15, -0.1) is 11.3 Å². The molecule has 0 spiro atoms. The number of thiophene rings is 1. The molecule has 0 N–H and O–H groups in total. The maximum absolute atomic E-state index is 5.46. The van der Waals surface area contributed by atoms with Crippen molar-refractivity contribution in [2.45, 2.75) is 19.3 Å². The average molecular weight is 615 g/mol. The van der Waals surface area contributed by atoms with Gasteiger partial charge in [-0.25, -0.2) is 0 Å². The third-order valence-corrected chi connectivity index (χ3v) is 10.2. The molecule has 6 aromatic carbocycles. The number of ether oxygens (including phenoxy) is 1. The fourth-order valence-corrected chi connectivity index (χ4v) is 7.82. The lowest BCUT2D eigenvalue weighted by Crippen LogP contribution is -2.17. The van der Waals surface area contributed by atoms with Crippen molar-refractivity contribution in [3.63, 3.8) is 0 Å². The highest BCUT2D eigenvalue weighted by Crippen LogP contribution is 2.53. The second-order valence-corrected chi connectivity index (χ2v) is 13.2. The van der Waals surface area contributed by atoms with E-state index < -0.39 is 0 Å². The Hall–Kier alpha value is -5.32. The predicted octanol–water partition coefficient (Wildman–Crippen LogP) is 12.2. The van der Waals surface area contributed by atoms with Crippen molar-refractivity contribution < 1.29 is 4.74 Å². The summed E-state index contributed by atoms with van der Waals surface area (Å²) in [5, 5.41) is 3.55. The first-order valence-corrected chi connectivity index (χ1v) is 16.5. The molecule has 0 radical (unpaired) electrons. The number of nitrogens with zero attached hydrogens (tertiary/aromatic N) is 2. The molecular weight excluding hydrogens is 581 g/mol. The Kier molecular flexibility index (Phi) is 6.88. The SMILES string of the molecule is COc1ccc(N(c2ccccc2)c2ccc3c(c2)C(C)(C)c2cc(N(c4ccccc4)c4csc5ccccc45)ccc2-3)cc1. The van der Waals surface area contributed by atoms with Crippen molar-refractivity contribution in [2.75, 3.05) is 16.9 Å². The fraction of sp³-hybridized carbons (Fsp3) is 0.0952. The highest BCUT2D eigenvalue weighted by Gasteiger charge is 2.37. The van der Waals surface area contributed by atoms with Gasteiger partial charge in [0.1, 0.15) is 5.75 Å². The number of rotatable bonds is 7. The van der Waals surface area contributed by atoms with E-state index in [4.69, 9.17) is 4.74 Å². The second-order valence-electron chi connectivity index (χ2n) is 12.2. The largest absolute Gasteiger partial charge is 0.497 e. The van der Waals surface area contributed by atoms with Crippen LogP contribution in [0, 0.1) is 0 Å². The van der Waals surface area contributed by atoms with E-state index in [1.165, 1.54) is 43.7 Å². The molecule has 1 aliphatic rings. The molecule has 0 saturated carbocycles. The van der Waals surface area contributed by atoms with Gasteiger partial charge in [-0.05, 0) is 101 Å². The molecule has 0 atom stereocenters. The summed E-state index contributed by atoms with van der Waals surface area (Å²) in [7, 11) is 1.71. The van der Waals surface area contributed by atoms with E-state index in [0.717, 1.165) is 28.5 Å². The Bertz CT molecular complexity index is 2170. The molecule has 0 aliphatic heterocycles. The van der Waals surface area contributed by atoms with Crippen LogP contribution in [0.1, 0.15) is 25.0 Å². The molecule has 224 valence electrons. The van der Waals surface area contributed by atoms with Gasteiger partial charge in [0.05, 0.1) is 12.8 Å². The van der Waals surface area contributed by atoms with Gasteiger partial charge in [-0.3, -0.25) is 0 Å². The average Bonchev–Trinajstić information content (AvgIpc) is 3.62. The summed E-state index contributed by atoms with van der Waals surface area (Å²) in [6.45, 7) is 4.72. The summed E-state index contributed by atoms with van der Waals surface area (Å²) in [5.41, 5.74) is 11.9. The van der Waals surface area contributed by atoms with E-state index in [1.54, 1.807) is 18.4 Å². The van der Waals surface area contributed by atoms with Crippen LogP contribution in [-0.2, 0) is 5.41 Å². The second kappa shape index (κ2) is 11.2. The lowest BCUT2D eigenvalue weighted by atomic mass is 9.82. The zero-order valence-corrected chi connectivity index (χ0v) is 27.0. The van der Waals surface area contributed by atoms with Gasteiger partial charge in [-0.2, -0.15) is 0 Å². The van der Waals surface area contributed by atoms with E-state index in [1.807, 2.05) is 12.1 Å². The van der Waals surface area contributed by atoms with Crippen molar-refractivity contribution in [3.05, 3.63) is 162 Å². The summed E-state index contributed by atoms with van der Waals surface area (Å²) >= 11 is 1.80. The third-order valence-electron chi connectivity index (χ3n) is 9.22. The van der Waals surface area contributed by atoms with Gasteiger partial charge in [0.25, 0.3) is 0 Å². The van der Waals surface area contributed by atoms with Crippen molar-refractivity contribution in [2.24, 2.45) is 0 Å². The first kappa shape index (κ1) is 28.2. The molecule has 0 fully saturated rings. The lowest BCUT2D eigenvalue weighted by Gasteiger charge is -2.29. The first-order chi connectivity index (χ1) is 22.5. The molecular formula is C42H34N2OS. The monoisotopic (exact) mass is 614 g/mol. The molecule has 1 aliphatic carbocycles. The number of methoxy groups -OCH3 is 1. The number of hydrogen-bond acceptors (Lipinski definition) is 4. The van der Waals surface area contributed by atoms with E-state index in [9.17, 15) is 0 Å². The Balaban J connectivity index is 1.24. The van der Waals surface area contributed by atoms with Crippen LogP contribution in [0.2, 0.25) is 0 Å². The number of fused-ring (bicyclic) bond motifs is 4. The van der Waals surface area contributed by atoms with Gasteiger partial charge >= 0.3 is 0 Å². The van der Waals surface area contributed by atoms with Crippen LogP contribution in [0.5, 0.6) is 5.75 Å². The zero-order valence-electron chi connectivity index (χ0n) is 26.1. The predicted molar refractivity (Wildman–Crippen MR) is 195 cm³/mol. The Morgan fingerprint density at radius 2 is 1.02 bits per heavy atom. The summed E-state index contributed by atoms with van der Waals surface area (Å²) in [6, 6.07) is 52.2. The van der Waals surface area contributed by atoms with Crippen molar-refractivity contribution in [3.8, 4) is 16.9 Å². The molecule has 8 rings (SSSR count). The number of para-hydroxylation sites is 2. The van der Waals surface area contributed by atoms with Gasteiger partial charge < -0.3 is 14.5 Å². The van der Waals surface area contributed by atoms with E-state index in [0.29, 0.717) is 0 Å². The van der Waals surface area contributed by atoms with Crippen LogP contribution in [0.4, 0.5) is 34.1 Å². The molecule has 4 heteroatoms. The molecule has 46 heavy (non-hydrogen) atoms. The number of benzene rings is 6. The summed E-state index contributed by atoms with van der Waals surface area (Å²) in [4.78, 5) is 4.73. The minimum Gasteiger partial charge on any atom is -0.497 e. The van der Waals surface area contributed by atoms with Crippen molar-refractivity contribution >= 4 is 55.5 Å². The molecule has 1 heterocycles. The van der Waals surface area contributed by atoms with Crippen molar-refractivity contribution in [1.82, 2.24) is 0 Å². The third kappa shape index (κ3) is 4.65. The van der Waals surface area contributed by atoms with Crippen LogP contribution >= 0.6 is 11.3 Å². The maximum Gasteiger partial charge on any atom is 0.119 e. The molecule has 0 amide bonds. The molecule has 1 aromatic heterocycles.